The summed E-state index contributed by atoms with van der Waals surface area (Å²) in [6.07, 6.45) is 5.77. The predicted molar refractivity (Wildman–Crippen MR) is 234 cm³/mol. The van der Waals surface area contributed by atoms with E-state index < -0.39 is 19.9 Å². The van der Waals surface area contributed by atoms with Crippen molar-refractivity contribution < 1.29 is 31.2 Å². The molecule has 0 saturated heterocycles. The molecule has 4 heterocycles. The molecule has 2 aromatic carbocycles. The summed E-state index contributed by atoms with van der Waals surface area (Å²) in [4.78, 5) is 36.5. The summed E-state index contributed by atoms with van der Waals surface area (Å²) in [6.45, 7) is 13.5. The zero-order valence-electron chi connectivity index (χ0n) is 35.6. The number of anilines is 1. The van der Waals surface area contributed by atoms with Crippen LogP contribution in [0.15, 0.2) is 85.2 Å². The van der Waals surface area contributed by atoms with Crippen molar-refractivity contribution in [3.63, 3.8) is 0 Å². The van der Waals surface area contributed by atoms with Crippen LogP contribution in [0.1, 0.15) is 84.8 Å². The first-order valence-corrected chi connectivity index (χ1v) is 23.3. The number of ether oxygens (including phenoxy) is 1. The number of sulfonamides is 1. The summed E-state index contributed by atoms with van der Waals surface area (Å²) < 4.78 is 56.5. The number of carbonyl (C=O) groups excluding carboxylic acids is 2. The molecule has 0 radical (unpaired) electrons. The van der Waals surface area contributed by atoms with E-state index in [9.17, 15) is 26.4 Å². The lowest BCUT2D eigenvalue weighted by Crippen LogP contribution is -2.33. The van der Waals surface area contributed by atoms with Crippen LogP contribution in [0.25, 0.3) is 11.3 Å². The Morgan fingerprint density at radius 1 is 0.700 bits per heavy atom. The molecule has 0 aliphatic carbocycles. The van der Waals surface area contributed by atoms with Crippen LogP contribution in [-0.4, -0.2) is 103 Å². The van der Waals surface area contributed by atoms with Crippen LogP contribution in [0.2, 0.25) is 0 Å². The van der Waals surface area contributed by atoms with Crippen LogP contribution in [0, 0.1) is 0 Å². The van der Waals surface area contributed by atoms with Gasteiger partial charge in [-0.1, -0.05) is 90.1 Å². The molecule has 0 amide bonds. The van der Waals surface area contributed by atoms with Gasteiger partial charge >= 0.3 is 0 Å². The zero-order chi connectivity index (χ0) is 44.0. The monoisotopic (exact) mass is 858 g/mol. The summed E-state index contributed by atoms with van der Waals surface area (Å²) in [7, 11) is -4.55. The summed E-state index contributed by atoms with van der Waals surface area (Å²) in [6, 6.07) is 22.3. The molecule has 1 N–H and O–H groups in total. The number of carbonyl (C=O) groups is 2. The highest BCUT2D eigenvalue weighted by Gasteiger charge is 2.19. The SMILES string of the molecule is CC(C)(C)c1ccc(C(=O)Cc2cc(OCCS(C)(=O)=O)n3nccc3n2)cc1.CN(CCNS(C)(=O)=O)c1cc(CC(=O)c2ccc(C(C)(C)C)cc2)nc2ccnn12. The van der Waals surface area contributed by atoms with Gasteiger partial charge < -0.3 is 9.64 Å². The molecule has 6 rings (SSSR count). The van der Waals surface area contributed by atoms with Gasteiger partial charge in [0.2, 0.25) is 15.9 Å². The molecule has 6 aromatic rings. The van der Waals surface area contributed by atoms with Crippen LogP contribution >= 0.6 is 0 Å². The van der Waals surface area contributed by atoms with Crippen molar-refractivity contribution in [3.05, 3.63) is 119 Å². The third kappa shape index (κ3) is 12.7. The molecule has 0 saturated carbocycles. The molecule has 15 nitrogen and oxygen atoms in total. The number of fused-ring (bicyclic) bond motifs is 2. The zero-order valence-corrected chi connectivity index (χ0v) is 37.3. The Bertz CT molecular complexity index is 2680. The molecule has 320 valence electrons. The molecule has 0 bridgehead atoms. The number of Topliss-reactive ketones (excluding diaryl/α,β-unsaturated/α-hetero) is 2. The van der Waals surface area contributed by atoms with Crippen molar-refractivity contribution in [3.8, 4) is 5.88 Å². The Labute approximate surface area is 352 Å². The maximum atomic E-state index is 12.9. The molecule has 0 fully saturated rings. The van der Waals surface area contributed by atoms with Gasteiger partial charge in [-0.3, -0.25) is 9.59 Å². The Hall–Kier alpha value is -5.52. The van der Waals surface area contributed by atoms with Gasteiger partial charge in [-0.2, -0.15) is 19.2 Å². The second-order valence-electron chi connectivity index (χ2n) is 16.8. The number of hydrogen-bond donors (Lipinski definition) is 1. The number of benzene rings is 2. The summed E-state index contributed by atoms with van der Waals surface area (Å²) >= 11 is 0. The van der Waals surface area contributed by atoms with Gasteiger partial charge in [0, 0.05) is 61.8 Å². The molecule has 0 unspecified atom stereocenters. The molecular formula is C43H54N8O7S2. The molecule has 60 heavy (non-hydrogen) atoms. The molecule has 0 aliphatic heterocycles. The number of nitrogens with one attached hydrogen (secondary N) is 1. The quantitative estimate of drug-likeness (QED) is 0.131. The highest BCUT2D eigenvalue weighted by atomic mass is 32.2. The first-order chi connectivity index (χ1) is 28.0. The third-order valence-corrected chi connectivity index (χ3v) is 11.1. The van der Waals surface area contributed by atoms with Gasteiger partial charge in [-0.25, -0.2) is 31.5 Å². The van der Waals surface area contributed by atoms with Crippen LogP contribution < -0.4 is 14.4 Å². The van der Waals surface area contributed by atoms with Gasteiger partial charge in [0.25, 0.3) is 0 Å². The lowest BCUT2D eigenvalue weighted by atomic mass is 9.86. The van der Waals surface area contributed by atoms with Crippen molar-refractivity contribution in [2.24, 2.45) is 0 Å². The maximum absolute atomic E-state index is 12.9. The van der Waals surface area contributed by atoms with Gasteiger partial charge in [0.15, 0.2) is 32.7 Å². The second-order valence-corrected chi connectivity index (χ2v) is 20.9. The van der Waals surface area contributed by atoms with E-state index in [1.165, 1.54) is 10.1 Å². The minimum absolute atomic E-state index is 0.000537. The van der Waals surface area contributed by atoms with Crippen molar-refractivity contribution in [2.45, 2.75) is 65.2 Å². The molecular weight excluding hydrogens is 805 g/mol. The van der Waals surface area contributed by atoms with Crippen molar-refractivity contribution in [2.75, 3.05) is 49.9 Å². The second kappa shape index (κ2) is 18.4. The Balaban J connectivity index is 0.000000228. The van der Waals surface area contributed by atoms with Crippen molar-refractivity contribution in [1.82, 2.24) is 33.9 Å². The minimum atomic E-state index is -3.26. The summed E-state index contributed by atoms with van der Waals surface area (Å²) in [5.74, 6) is 0.922. The van der Waals surface area contributed by atoms with Gasteiger partial charge in [-0.05, 0) is 22.0 Å². The molecule has 4 aromatic heterocycles. The highest BCUT2D eigenvalue weighted by Crippen LogP contribution is 2.25. The number of sulfone groups is 1. The van der Waals surface area contributed by atoms with E-state index in [0.717, 1.165) is 23.9 Å². The van der Waals surface area contributed by atoms with Crippen molar-refractivity contribution in [1.29, 1.82) is 0 Å². The van der Waals surface area contributed by atoms with E-state index in [0.29, 0.717) is 46.2 Å². The first-order valence-electron chi connectivity index (χ1n) is 19.4. The minimum Gasteiger partial charge on any atom is -0.476 e. The number of ketones is 2. The van der Waals surface area contributed by atoms with Crippen LogP contribution in [0.5, 0.6) is 5.88 Å². The fourth-order valence-corrected chi connectivity index (χ4v) is 6.94. The number of rotatable bonds is 15. The number of likely N-dealkylation sites (N-methyl/N-ethyl adjacent to an activating group) is 1. The number of nitrogens with zero attached hydrogens (tertiary/aromatic N) is 7. The van der Waals surface area contributed by atoms with E-state index in [-0.39, 0.29) is 54.1 Å². The van der Waals surface area contributed by atoms with Gasteiger partial charge in [0.05, 0.1) is 48.6 Å². The topological polar surface area (TPSA) is 187 Å². The highest BCUT2D eigenvalue weighted by molar-refractivity contribution is 7.90. The Kier molecular flexibility index (Phi) is 14.0. The van der Waals surface area contributed by atoms with Crippen LogP contribution in [0.4, 0.5) is 5.82 Å². The smallest absolute Gasteiger partial charge is 0.218 e. The predicted octanol–water partition coefficient (Wildman–Crippen LogP) is 5.31. The maximum Gasteiger partial charge on any atom is 0.218 e. The average molecular weight is 859 g/mol. The van der Waals surface area contributed by atoms with E-state index in [1.54, 1.807) is 35.1 Å². The van der Waals surface area contributed by atoms with E-state index in [2.05, 4.69) is 66.4 Å². The Morgan fingerprint density at radius 3 is 1.63 bits per heavy atom. The normalized spacial score (nSPS) is 12.3. The molecule has 17 heteroatoms. The largest absolute Gasteiger partial charge is 0.476 e. The van der Waals surface area contributed by atoms with Crippen molar-refractivity contribution >= 4 is 48.5 Å². The van der Waals surface area contributed by atoms with E-state index in [4.69, 9.17) is 4.74 Å². The fourth-order valence-electron chi connectivity index (χ4n) is 6.09. The molecule has 0 aliphatic rings. The lowest BCUT2D eigenvalue weighted by molar-refractivity contribution is 0.0983. The molecule has 0 spiro atoms. The number of hydrogen-bond acceptors (Lipinski definition) is 12. The summed E-state index contributed by atoms with van der Waals surface area (Å²) in [5, 5.41) is 8.44. The fraction of sp³-hybridized carbons (Fsp3) is 0.395. The number of aromatic nitrogens is 6. The van der Waals surface area contributed by atoms with Gasteiger partial charge in [-0.15, -0.1) is 0 Å². The van der Waals surface area contributed by atoms with Crippen LogP contribution in [-0.2, 0) is 43.5 Å². The van der Waals surface area contributed by atoms with E-state index >= 15 is 0 Å². The van der Waals surface area contributed by atoms with Gasteiger partial charge in [0.1, 0.15) is 12.4 Å². The third-order valence-electron chi connectivity index (χ3n) is 9.51. The standard InChI is InChI=1S/C22H29N5O3S.C21H25N3O4S/c1-22(2,3)17-8-6-16(7-9-17)19(28)14-18-15-21(27-20(25-18)10-11-23-27)26(4)13-12-24-31(5,29)30;1-21(2,3)16-7-5-15(6-8-16)18(25)13-17-14-20(28-11-12-29(4,26)27)24-19(23-17)9-10-22-24/h6-11,15,24H,12-14H2,1-5H3;5-10,14H,11-13H2,1-4H3. The first kappa shape index (κ1) is 45.6. The van der Waals surface area contributed by atoms with Crippen LogP contribution in [0.3, 0.4) is 0 Å². The average Bonchev–Trinajstić information content (AvgIpc) is 3.83. The lowest BCUT2D eigenvalue weighted by Gasteiger charge is -2.21. The summed E-state index contributed by atoms with van der Waals surface area (Å²) in [5.41, 5.74) is 6.00. The molecule has 0 atom stereocenters. The van der Waals surface area contributed by atoms with E-state index in [1.807, 2.05) is 66.5 Å². The Morgan fingerprint density at radius 2 is 1.17 bits per heavy atom.